The number of anilines is 1. The van der Waals surface area contributed by atoms with E-state index in [2.05, 4.69) is 21.5 Å². The van der Waals surface area contributed by atoms with E-state index in [1.165, 1.54) is 24.3 Å². The Balaban J connectivity index is 1.66. The third-order valence-electron chi connectivity index (χ3n) is 4.06. The lowest BCUT2D eigenvalue weighted by Gasteiger charge is -2.11. The van der Waals surface area contributed by atoms with Crippen molar-refractivity contribution in [2.24, 2.45) is 5.92 Å². The first-order valence-corrected chi connectivity index (χ1v) is 9.65. The van der Waals surface area contributed by atoms with Gasteiger partial charge in [-0.15, -0.1) is 0 Å². The highest BCUT2D eigenvalue weighted by atomic mass is 32.2. The maximum Gasteiger partial charge on any atom is 0.319 e. The summed E-state index contributed by atoms with van der Waals surface area (Å²) in [6.07, 6.45) is 0. The highest BCUT2D eigenvalue weighted by Crippen LogP contribution is 2.25. The van der Waals surface area contributed by atoms with Crippen LogP contribution in [0, 0.1) is 17.6 Å². The number of halogens is 2. The molecule has 0 bridgehead atoms. The van der Waals surface area contributed by atoms with E-state index in [4.69, 9.17) is 0 Å². The van der Waals surface area contributed by atoms with Crippen LogP contribution in [0.5, 0.6) is 0 Å². The van der Waals surface area contributed by atoms with E-state index >= 15 is 0 Å². The van der Waals surface area contributed by atoms with E-state index in [0.717, 1.165) is 25.2 Å². The number of hydrogen-bond donors (Lipinski definition) is 4. The summed E-state index contributed by atoms with van der Waals surface area (Å²) in [5, 5.41) is 5.32. The van der Waals surface area contributed by atoms with Gasteiger partial charge in [-0.05, 0) is 36.4 Å². The van der Waals surface area contributed by atoms with Crippen molar-refractivity contribution in [2.75, 3.05) is 25.0 Å². The first kappa shape index (κ1) is 19.2. The zero-order chi connectivity index (χ0) is 19.4. The third kappa shape index (κ3) is 4.59. The zero-order valence-corrected chi connectivity index (χ0v) is 14.9. The molecule has 1 heterocycles. The highest BCUT2D eigenvalue weighted by Gasteiger charge is 2.22. The van der Waals surface area contributed by atoms with Gasteiger partial charge in [0.2, 0.25) is 9.84 Å². The van der Waals surface area contributed by atoms with Gasteiger partial charge < -0.3 is 10.6 Å². The molecule has 1 fully saturated rings. The maximum atomic E-state index is 13.8. The van der Waals surface area contributed by atoms with Gasteiger partial charge in [0.25, 0.3) is 0 Å². The number of benzene rings is 2. The first-order chi connectivity index (χ1) is 12.9. The SMILES string of the molecule is O=C(NCC1CNNC1)Nc1ccc(S(=O)(=O)c2ccc(F)cc2F)cc1. The van der Waals surface area contributed by atoms with Crippen molar-refractivity contribution in [3.8, 4) is 0 Å². The Labute approximate surface area is 155 Å². The summed E-state index contributed by atoms with van der Waals surface area (Å²) in [7, 11) is -4.14. The van der Waals surface area contributed by atoms with Crippen LogP contribution in [0.2, 0.25) is 0 Å². The fourth-order valence-corrected chi connectivity index (χ4v) is 3.91. The standard InChI is InChI=1S/C17H18F2N4O3S/c18-12-1-6-16(15(19)7-12)27(25,26)14-4-2-13(3-5-14)23-17(24)20-8-11-9-21-22-10-11/h1-7,11,21-22H,8-10H2,(H2,20,23,24). The smallest absolute Gasteiger partial charge is 0.319 e. The molecule has 0 spiro atoms. The minimum absolute atomic E-state index is 0.165. The van der Waals surface area contributed by atoms with Crippen molar-refractivity contribution >= 4 is 21.6 Å². The molecule has 1 saturated heterocycles. The van der Waals surface area contributed by atoms with Crippen LogP contribution in [-0.4, -0.2) is 34.1 Å². The van der Waals surface area contributed by atoms with Crippen molar-refractivity contribution < 1.29 is 22.0 Å². The van der Waals surface area contributed by atoms with Crippen LogP contribution in [0.4, 0.5) is 19.3 Å². The summed E-state index contributed by atoms with van der Waals surface area (Å²) < 4.78 is 51.7. The lowest BCUT2D eigenvalue weighted by atomic mass is 10.2. The van der Waals surface area contributed by atoms with E-state index in [0.29, 0.717) is 18.3 Å². The number of carbonyl (C=O) groups is 1. The average Bonchev–Trinajstić information content (AvgIpc) is 3.14. The molecule has 1 aliphatic rings. The summed E-state index contributed by atoms with van der Waals surface area (Å²) in [5.41, 5.74) is 6.30. The van der Waals surface area contributed by atoms with Crippen LogP contribution in [0.3, 0.4) is 0 Å². The summed E-state index contributed by atoms with van der Waals surface area (Å²) in [4.78, 5) is 11.1. The minimum atomic E-state index is -4.14. The van der Waals surface area contributed by atoms with E-state index < -0.39 is 32.4 Å². The summed E-state index contributed by atoms with van der Waals surface area (Å²) >= 11 is 0. The third-order valence-corrected chi connectivity index (χ3v) is 5.87. The molecular formula is C17H18F2N4O3S. The Hall–Kier alpha value is -2.56. The molecule has 0 unspecified atom stereocenters. The van der Waals surface area contributed by atoms with Gasteiger partial charge in [0, 0.05) is 37.3 Å². The number of hydrogen-bond acceptors (Lipinski definition) is 5. The monoisotopic (exact) mass is 396 g/mol. The molecule has 2 aromatic carbocycles. The van der Waals surface area contributed by atoms with E-state index in [-0.39, 0.29) is 10.8 Å². The van der Waals surface area contributed by atoms with Crippen LogP contribution in [0.15, 0.2) is 52.3 Å². The van der Waals surface area contributed by atoms with E-state index in [1.807, 2.05) is 0 Å². The Morgan fingerprint density at radius 2 is 1.74 bits per heavy atom. The number of urea groups is 1. The normalized spacial score (nSPS) is 14.9. The Morgan fingerprint density at radius 1 is 1.07 bits per heavy atom. The number of amides is 2. The second-order valence-corrected chi connectivity index (χ2v) is 7.98. The quantitative estimate of drug-likeness (QED) is 0.576. The fourth-order valence-electron chi connectivity index (χ4n) is 2.60. The average molecular weight is 396 g/mol. The van der Waals surface area contributed by atoms with E-state index in [1.54, 1.807) is 0 Å². The molecular weight excluding hydrogens is 378 g/mol. The van der Waals surface area contributed by atoms with Crippen LogP contribution in [0.1, 0.15) is 0 Å². The number of hydrazine groups is 1. The van der Waals surface area contributed by atoms with Gasteiger partial charge in [0.05, 0.1) is 4.90 Å². The molecule has 2 amide bonds. The molecule has 7 nitrogen and oxygen atoms in total. The summed E-state index contributed by atoms with van der Waals surface area (Å²) in [6, 6.07) is 7.15. The van der Waals surface area contributed by atoms with Crippen molar-refractivity contribution in [1.82, 2.24) is 16.2 Å². The number of carbonyl (C=O) groups excluding carboxylic acids is 1. The molecule has 0 saturated carbocycles. The highest BCUT2D eigenvalue weighted by molar-refractivity contribution is 7.91. The topological polar surface area (TPSA) is 99.3 Å². The molecule has 0 radical (unpaired) electrons. The van der Waals surface area contributed by atoms with Crippen molar-refractivity contribution in [2.45, 2.75) is 9.79 Å². The Morgan fingerprint density at radius 3 is 2.37 bits per heavy atom. The molecule has 4 N–H and O–H groups in total. The molecule has 10 heteroatoms. The van der Waals surface area contributed by atoms with Crippen molar-refractivity contribution in [3.63, 3.8) is 0 Å². The Kier molecular flexibility index (Phi) is 5.68. The predicted octanol–water partition coefficient (Wildman–Crippen LogP) is 1.64. The molecule has 2 aromatic rings. The molecule has 144 valence electrons. The van der Waals surface area contributed by atoms with Crippen molar-refractivity contribution in [1.29, 1.82) is 0 Å². The van der Waals surface area contributed by atoms with Crippen molar-refractivity contribution in [3.05, 3.63) is 54.1 Å². The second-order valence-electron chi connectivity index (χ2n) is 6.07. The fraction of sp³-hybridized carbons (Fsp3) is 0.235. The van der Waals surface area contributed by atoms with Crippen LogP contribution >= 0.6 is 0 Å². The number of nitrogens with one attached hydrogen (secondary N) is 4. The summed E-state index contributed by atoms with van der Waals surface area (Å²) in [5.74, 6) is -1.73. The molecule has 27 heavy (non-hydrogen) atoms. The van der Waals surface area contributed by atoms with Gasteiger partial charge in [0.15, 0.2) is 0 Å². The first-order valence-electron chi connectivity index (χ1n) is 8.17. The molecule has 3 rings (SSSR count). The van der Waals surface area contributed by atoms with E-state index in [9.17, 15) is 22.0 Å². The van der Waals surface area contributed by atoms with Crippen LogP contribution in [-0.2, 0) is 9.84 Å². The van der Waals surface area contributed by atoms with Gasteiger partial charge in [-0.2, -0.15) is 0 Å². The zero-order valence-electron chi connectivity index (χ0n) is 14.1. The van der Waals surface area contributed by atoms with Crippen LogP contribution < -0.4 is 21.5 Å². The van der Waals surface area contributed by atoms with Gasteiger partial charge in [-0.3, -0.25) is 10.9 Å². The van der Waals surface area contributed by atoms with Gasteiger partial charge in [-0.1, -0.05) is 0 Å². The Bertz CT molecular complexity index is 930. The number of rotatable bonds is 5. The predicted molar refractivity (Wildman–Crippen MR) is 94.8 cm³/mol. The largest absolute Gasteiger partial charge is 0.337 e. The maximum absolute atomic E-state index is 13.8. The number of sulfone groups is 1. The minimum Gasteiger partial charge on any atom is -0.337 e. The molecule has 0 aromatic heterocycles. The molecule has 0 atom stereocenters. The lowest BCUT2D eigenvalue weighted by Crippen LogP contribution is -2.34. The van der Waals surface area contributed by atoms with Gasteiger partial charge >= 0.3 is 6.03 Å². The lowest BCUT2D eigenvalue weighted by molar-refractivity contribution is 0.250. The van der Waals surface area contributed by atoms with Crippen LogP contribution in [0.25, 0.3) is 0 Å². The molecule has 0 aliphatic carbocycles. The van der Waals surface area contributed by atoms with Gasteiger partial charge in [-0.25, -0.2) is 22.0 Å². The van der Waals surface area contributed by atoms with Gasteiger partial charge in [0.1, 0.15) is 16.5 Å². The molecule has 1 aliphatic heterocycles. The summed E-state index contributed by atoms with van der Waals surface area (Å²) in [6.45, 7) is 2.00. The second kappa shape index (κ2) is 7.99.